The van der Waals surface area contributed by atoms with Gasteiger partial charge in [0.25, 0.3) is 0 Å². The number of aromatic nitrogens is 2. The smallest absolute Gasteiger partial charge is 0.249 e. The Hall–Kier alpha value is -2.17. The largest absolute Gasteiger partial charge is 0.337 e. The van der Waals surface area contributed by atoms with E-state index in [4.69, 9.17) is 4.52 Å². The molecule has 1 amide bonds. The van der Waals surface area contributed by atoms with Gasteiger partial charge in [-0.2, -0.15) is 4.98 Å². The Bertz CT molecular complexity index is 692. The van der Waals surface area contributed by atoms with Crippen molar-refractivity contribution >= 4 is 5.91 Å². The molecule has 2 heterocycles. The van der Waals surface area contributed by atoms with Crippen LogP contribution in [-0.4, -0.2) is 27.5 Å². The first-order valence-electron chi connectivity index (χ1n) is 9.02. The predicted octanol–water partition coefficient (Wildman–Crippen LogP) is 3.98. The van der Waals surface area contributed by atoms with Crippen molar-refractivity contribution in [2.24, 2.45) is 5.92 Å². The SMILES string of the molecule is O=C(C1CCCC1)N1CCCC[C@H]1c1nc(-c2ccccc2)no1. The summed E-state index contributed by atoms with van der Waals surface area (Å²) in [7, 11) is 0. The number of rotatable bonds is 3. The summed E-state index contributed by atoms with van der Waals surface area (Å²) in [6, 6.07) is 9.77. The highest BCUT2D eigenvalue weighted by atomic mass is 16.5. The Kier molecular flexibility index (Phi) is 4.32. The predicted molar refractivity (Wildman–Crippen MR) is 90.0 cm³/mol. The number of amides is 1. The molecule has 1 aliphatic heterocycles. The quantitative estimate of drug-likeness (QED) is 0.856. The van der Waals surface area contributed by atoms with Gasteiger partial charge in [-0.1, -0.05) is 48.3 Å². The highest BCUT2D eigenvalue weighted by Crippen LogP contribution is 2.35. The second kappa shape index (κ2) is 6.75. The fourth-order valence-electron chi connectivity index (χ4n) is 3.93. The second-order valence-electron chi connectivity index (χ2n) is 6.85. The average Bonchev–Trinajstić information content (AvgIpc) is 3.34. The van der Waals surface area contributed by atoms with Gasteiger partial charge in [0.15, 0.2) is 0 Å². The van der Waals surface area contributed by atoms with Crippen LogP contribution in [0.1, 0.15) is 56.9 Å². The minimum absolute atomic E-state index is 0.0585. The number of nitrogens with zero attached hydrogens (tertiary/aromatic N) is 3. The van der Waals surface area contributed by atoms with Gasteiger partial charge in [0.05, 0.1) is 0 Å². The zero-order chi connectivity index (χ0) is 16.4. The van der Waals surface area contributed by atoms with Crippen LogP contribution in [0.25, 0.3) is 11.4 Å². The molecule has 0 N–H and O–H groups in total. The summed E-state index contributed by atoms with van der Waals surface area (Å²) in [5.74, 6) is 1.67. The van der Waals surface area contributed by atoms with Crippen LogP contribution in [0.4, 0.5) is 0 Å². The lowest BCUT2D eigenvalue weighted by molar-refractivity contribution is -0.140. The number of hydrogen-bond donors (Lipinski definition) is 0. The topological polar surface area (TPSA) is 59.2 Å². The van der Waals surface area contributed by atoms with Crippen molar-refractivity contribution in [3.05, 3.63) is 36.2 Å². The number of carbonyl (C=O) groups excluding carboxylic acids is 1. The zero-order valence-electron chi connectivity index (χ0n) is 13.9. The van der Waals surface area contributed by atoms with Crippen molar-refractivity contribution < 1.29 is 9.32 Å². The fourth-order valence-corrected chi connectivity index (χ4v) is 3.93. The van der Waals surface area contributed by atoms with E-state index in [1.165, 1.54) is 12.8 Å². The summed E-state index contributed by atoms with van der Waals surface area (Å²) in [5.41, 5.74) is 0.942. The van der Waals surface area contributed by atoms with E-state index in [2.05, 4.69) is 10.1 Å². The van der Waals surface area contributed by atoms with Gasteiger partial charge in [-0.25, -0.2) is 0 Å². The first-order valence-corrected chi connectivity index (χ1v) is 9.02. The van der Waals surface area contributed by atoms with Gasteiger partial charge in [0.2, 0.25) is 17.6 Å². The maximum Gasteiger partial charge on any atom is 0.249 e. The molecule has 1 aromatic heterocycles. The molecule has 1 atom stereocenters. The van der Waals surface area contributed by atoms with E-state index in [0.29, 0.717) is 11.7 Å². The van der Waals surface area contributed by atoms with E-state index in [0.717, 1.165) is 44.2 Å². The van der Waals surface area contributed by atoms with E-state index >= 15 is 0 Å². The van der Waals surface area contributed by atoms with E-state index in [1.54, 1.807) is 0 Å². The molecular formula is C19H23N3O2. The molecule has 1 aromatic carbocycles. The summed E-state index contributed by atoms with van der Waals surface area (Å²) in [5, 5.41) is 4.13. The average molecular weight is 325 g/mol. The molecule has 5 nitrogen and oxygen atoms in total. The van der Waals surface area contributed by atoms with Crippen molar-refractivity contribution in [3.8, 4) is 11.4 Å². The second-order valence-corrected chi connectivity index (χ2v) is 6.85. The normalized spacial score (nSPS) is 22.0. The minimum Gasteiger partial charge on any atom is -0.337 e. The van der Waals surface area contributed by atoms with Crippen LogP contribution < -0.4 is 0 Å². The summed E-state index contributed by atoms with van der Waals surface area (Å²) >= 11 is 0. The number of benzene rings is 1. The molecule has 0 radical (unpaired) electrons. The van der Waals surface area contributed by atoms with Gasteiger partial charge in [-0.15, -0.1) is 0 Å². The van der Waals surface area contributed by atoms with Crippen LogP contribution in [0, 0.1) is 5.92 Å². The number of carbonyl (C=O) groups is 1. The summed E-state index contributed by atoms with van der Waals surface area (Å²) in [6.07, 6.45) is 7.48. The standard InChI is InChI=1S/C19H23N3O2/c23-19(15-10-4-5-11-15)22-13-7-6-12-16(22)18-20-17(21-24-18)14-8-2-1-3-9-14/h1-3,8-9,15-16H,4-7,10-13H2/t16-/m0/s1. The van der Waals surface area contributed by atoms with Crippen molar-refractivity contribution in [3.63, 3.8) is 0 Å². The van der Waals surface area contributed by atoms with E-state index in [1.807, 2.05) is 35.2 Å². The molecule has 2 aromatic rings. The van der Waals surface area contributed by atoms with Gasteiger partial charge < -0.3 is 9.42 Å². The Balaban J connectivity index is 1.57. The molecule has 0 spiro atoms. The number of piperidine rings is 1. The highest BCUT2D eigenvalue weighted by molar-refractivity contribution is 5.79. The molecule has 126 valence electrons. The van der Waals surface area contributed by atoms with E-state index < -0.39 is 0 Å². The van der Waals surface area contributed by atoms with E-state index in [9.17, 15) is 4.79 Å². The van der Waals surface area contributed by atoms with Crippen LogP contribution in [0.15, 0.2) is 34.9 Å². The molecule has 2 aliphatic rings. The van der Waals surface area contributed by atoms with Crippen LogP contribution in [0.3, 0.4) is 0 Å². The summed E-state index contributed by atoms with van der Waals surface area (Å²) in [6.45, 7) is 0.809. The third kappa shape index (κ3) is 2.95. The Morgan fingerprint density at radius 3 is 2.58 bits per heavy atom. The van der Waals surface area contributed by atoms with Crippen LogP contribution >= 0.6 is 0 Å². The monoisotopic (exact) mass is 325 g/mol. The molecule has 1 saturated carbocycles. The lowest BCUT2D eigenvalue weighted by atomic mass is 9.98. The van der Waals surface area contributed by atoms with Gasteiger partial charge in [0.1, 0.15) is 6.04 Å². The molecule has 24 heavy (non-hydrogen) atoms. The Labute approximate surface area is 142 Å². The summed E-state index contributed by atoms with van der Waals surface area (Å²) < 4.78 is 5.55. The third-order valence-corrected chi connectivity index (χ3v) is 5.25. The van der Waals surface area contributed by atoms with Crippen LogP contribution in [-0.2, 0) is 4.79 Å². The van der Waals surface area contributed by atoms with Gasteiger partial charge >= 0.3 is 0 Å². The fraction of sp³-hybridized carbons (Fsp3) is 0.526. The number of hydrogen-bond acceptors (Lipinski definition) is 4. The first kappa shape index (κ1) is 15.4. The summed E-state index contributed by atoms with van der Waals surface area (Å²) in [4.78, 5) is 19.5. The lowest BCUT2D eigenvalue weighted by Crippen LogP contribution is -2.41. The highest BCUT2D eigenvalue weighted by Gasteiger charge is 2.36. The first-order chi connectivity index (χ1) is 11.8. The zero-order valence-corrected chi connectivity index (χ0v) is 13.9. The molecule has 5 heteroatoms. The number of likely N-dealkylation sites (tertiary alicyclic amines) is 1. The molecule has 2 fully saturated rings. The maximum atomic E-state index is 12.9. The van der Waals surface area contributed by atoms with Crippen LogP contribution in [0.5, 0.6) is 0 Å². The maximum absolute atomic E-state index is 12.9. The Morgan fingerprint density at radius 1 is 1.04 bits per heavy atom. The third-order valence-electron chi connectivity index (χ3n) is 5.25. The van der Waals surface area contributed by atoms with Crippen molar-refractivity contribution in [1.82, 2.24) is 15.0 Å². The van der Waals surface area contributed by atoms with Crippen LogP contribution in [0.2, 0.25) is 0 Å². The minimum atomic E-state index is -0.0585. The Morgan fingerprint density at radius 2 is 1.79 bits per heavy atom. The molecule has 1 aliphatic carbocycles. The lowest BCUT2D eigenvalue weighted by Gasteiger charge is -2.35. The molecule has 4 rings (SSSR count). The van der Waals surface area contributed by atoms with Gasteiger partial charge in [-0.05, 0) is 32.1 Å². The van der Waals surface area contributed by atoms with Crippen molar-refractivity contribution in [2.75, 3.05) is 6.54 Å². The van der Waals surface area contributed by atoms with Gasteiger partial charge in [0, 0.05) is 18.0 Å². The molecule has 1 saturated heterocycles. The van der Waals surface area contributed by atoms with Crippen molar-refractivity contribution in [2.45, 2.75) is 51.0 Å². The van der Waals surface area contributed by atoms with E-state index in [-0.39, 0.29) is 17.9 Å². The van der Waals surface area contributed by atoms with Crippen molar-refractivity contribution in [1.29, 1.82) is 0 Å². The molecule has 0 unspecified atom stereocenters. The molecule has 0 bridgehead atoms. The molecular weight excluding hydrogens is 302 g/mol. The van der Waals surface area contributed by atoms with Gasteiger partial charge in [-0.3, -0.25) is 4.79 Å².